The van der Waals surface area contributed by atoms with Gasteiger partial charge in [0.1, 0.15) is 6.61 Å². The zero-order valence-corrected chi connectivity index (χ0v) is 19.1. The topological polar surface area (TPSA) is 33.7 Å². The SMILES string of the molecule is CCOc1cccc(CNCCCN(C)C)c1OCc1ccccc1Cl.Cl.Cl. The molecule has 7 heteroatoms. The Bertz CT molecular complexity index is 684. The maximum atomic E-state index is 6.25. The zero-order valence-electron chi connectivity index (χ0n) is 16.7. The first-order valence-corrected chi connectivity index (χ1v) is 9.46. The average molecular weight is 450 g/mol. The van der Waals surface area contributed by atoms with Crippen LogP contribution in [0.3, 0.4) is 0 Å². The van der Waals surface area contributed by atoms with Crippen molar-refractivity contribution in [1.82, 2.24) is 10.2 Å². The molecule has 0 aliphatic carbocycles. The first kappa shape index (κ1) is 26.8. The molecule has 4 nitrogen and oxygen atoms in total. The molecule has 0 spiro atoms. The van der Waals surface area contributed by atoms with Gasteiger partial charge < -0.3 is 19.7 Å². The van der Waals surface area contributed by atoms with Gasteiger partial charge in [0.05, 0.1) is 6.61 Å². The van der Waals surface area contributed by atoms with E-state index in [1.165, 1.54) is 0 Å². The molecule has 2 rings (SSSR count). The Morgan fingerprint density at radius 2 is 1.68 bits per heavy atom. The molecule has 0 aliphatic rings. The number of halogens is 3. The normalized spacial score (nSPS) is 10.2. The summed E-state index contributed by atoms with van der Waals surface area (Å²) in [4.78, 5) is 2.19. The third-order valence-corrected chi connectivity index (χ3v) is 4.33. The smallest absolute Gasteiger partial charge is 0.166 e. The summed E-state index contributed by atoms with van der Waals surface area (Å²) in [5.41, 5.74) is 2.05. The molecule has 0 unspecified atom stereocenters. The molecule has 0 aromatic heterocycles. The molecule has 28 heavy (non-hydrogen) atoms. The van der Waals surface area contributed by atoms with E-state index in [0.29, 0.717) is 18.2 Å². The highest BCUT2D eigenvalue weighted by molar-refractivity contribution is 6.31. The fourth-order valence-corrected chi connectivity index (χ4v) is 2.83. The van der Waals surface area contributed by atoms with Crippen molar-refractivity contribution < 1.29 is 9.47 Å². The third kappa shape index (κ3) is 8.89. The van der Waals surface area contributed by atoms with Crippen molar-refractivity contribution >= 4 is 36.4 Å². The summed E-state index contributed by atoms with van der Waals surface area (Å²) in [5.74, 6) is 1.56. The van der Waals surface area contributed by atoms with E-state index < -0.39 is 0 Å². The second-order valence-electron chi connectivity index (χ2n) is 6.39. The van der Waals surface area contributed by atoms with Gasteiger partial charge in [0.2, 0.25) is 0 Å². The monoisotopic (exact) mass is 448 g/mol. The Kier molecular flexibility index (Phi) is 14.2. The maximum Gasteiger partial charge on any atom is 0.166 e. The number of ether oxygens (including phenoxy) is 2. The van der Waals surface area contributed by atoms with Crippen molar-refractivity contribution in [1.29, 1.82) is 0 Å². The molecule has 2 aromatic carbocycles. The second kappa shape index (κ2) is 14.8. The van der Waals surface area contributed by atoms with E-state index in [0.717, 1.165) is 48.7 Å². The summed E-state index contributed by atoms with van der Waals surface area (Å²) >= 11 is 6.25. The summed E-state index contributed by atoms with van der Waals surface area (Å²) in [6.45, 7) is 5.76. The second-order valence-corrected chi connectivity index (χ2v) is 6.80. The van der Waals surface area contributed by atoms with Crippen molar-refractivity contribution in [2.75, 3.05) is 33.8 Å². The summed E-state index contributed by atoms with van der Waals surface area (Å²) < 4.78 is 11.9. The highest BCUT2D eigenvalue weighted by Gasteiger charge is 2.12. The zero-order chi connectivity index (χ0) is 18.8. The van der Waals surface area contributed by atoms with Crippen LogP contribution in [0.4, 0.5) is 0 Å². The molecule has 0 fully saturated rings. The molecule has 0 amide bonds. The molecular weight excluding hydrogens is 419 g/mol. The van der Waals surface area contributed by atoms with E-state index in [9.17, 15) is 0 Å². The van der Waals surface area contributed by atoms with Crippen LogP contribution >= 0.6 is 36.4 Å². The van der Waals surface area contributed by atoms with Crippen LogP contribution in [0.2, 0.25) is 5.02 Å². The minimum absolute atomic E-state index is 0. The molecular formula is C21H31Cl3N2O2. The van der Waals surface area contributed by atoms with E-state index in [-0.39, 0.29) is 24.8 Å². The highest BCUT2D eigenvalue weighted by Crippen LogP contribution is 2.32. The molecule has 1 N–H and O–H groups in total. The van der Waals surface area contributed by atoms with Gasteiger partial charge in [-0.1, -0.05) is 41.9 Å². The first-order chi connectivity index (χ1) is 12.6. The van der Waals surface area contributed by atoms with Gasteiger partial charge in [0.15, 0.2) is 11.5 Å². The Morgan fingerprint density at radius 3 is 2.36 bits per heavy atom. The minimum Gasteiger partial charge on any atom is -0.490 e. The number of nitrogens with zero attached hydrogens (tertiary/aromatic N) is 1. The lowest BCUT2D eigenvalue weighted by Crippen LogP contribution is -2.21. The van der Waals surface area contributed by atoms with E-state index in [1.807, 2.05) is 43.3 Å². The van der Waals surface area contributed by atoms with Crippen LogP contribution in [0.15, 0.2) is 42.5 Å². The lowest BCUT2D eigenvalue weighted by atomic mass is 10.1. The van der Waals surface area contributed by atoms with Gasteiger partial charge in [-0.05, 0) is 52.7 Å². The fourth-order valence-electron chi connectivity index (χ4n) is 2.64. The van der Waals surface area contributed by atoms with Crippen LogP contribution in [0.5, 0.6) is 11.5 Å². The molecule has 0 saturated carbocycles. The largest absolute Gasteiger partial charge is 0.490 e. The van der Waals surface area contributed by atoms with E-state index in [1.54, 1.807) is 0 Å². The number of rotatable bonds is 11. The minimum atomic E-state index is 0. The number of benzene rings is 2. The van der Waals surface area contributed by atoms with Crippen molar-refractivity contribution in [3.8, 4) is 11.5 Å². The van der Waals surface area contributed by atoms with Crippen LogP contribution < -0.4 is 14.8 Å². The standard InChI is InChI=1S/C21H29ClN2O2.2ClH/c1-4-25-20-12-7-10-17(15-23-13-8-14-24(2)3)21(20)26-16-18-9-5-6-11-19(18)22;;/h5-7,9-12,23H,4,8,13-16H2,1-3H3;2*1H. The predicted molar refractivity (Wildman–Crippen MR) is 123 cm³/mol. The highest BCUT2D eigenvalue weighted by atomic mass is 35.5. The molecule has 0 heterocycles. The maximum absolute atomic E-state index is 6.25. The molecule has 158 valence electrons. The molecule has 0 atom stereocenters. The van der Waals surface area contributed by atoms with Crippen LogP contribution in [0.25, 0.3) is 0 Å². The number of nitrogens with one attached hydrogen (secondary N) is 1. The molecule has 2 aromatic rings. The van der Waals surface area contributed by atoms with Gasteiger partial charge in [0, 0.05) is 22.7 Å². The van der Waals surface area contributed by atoms with Crippen LogP contribution in [-0.2, 0) is 13.2 Å². The molecule has 0 aliphatic heterocycles. The number of hydrogen-bond acceptors (Lipinski definition) is 4. The van der Waals surface area contributed by atoms with Gasteiger partial charge in [-0.25, -0.2) is 0 Å². The lowest BCUT2D eigenvalue weighted by Gasteiger charge is -2.17. The summed E-state index contributed by atoms with van der Waals surface area (Å²) in [6, 6.07) is 13.8. The van der Waals surface area contributed by atoms with Crippen molar-refractivity contribution in [2.24, 2.45) is 0 Å². The van der Waals surface area contributed by atoms with E-state index >= 15 is 0 Å². The van der Waals surface area contributed by atoms with Crippen LogP contribution in [0.1, 0.15) is 24.5 Å². The summed E-state index contributed by atoms with van der Waals surface area (Å²) in [7, 11) is 4.18. The van der Waals surface area contributed by atoms with Gasteiger partial charge >= 0.3 is 0 Å². The van der Waals surface area contributed by atoms with Gasteiger partial charge in [-0.3, -0.25) is 0 Å². The number of hydrogen-bond donors (Lipinski definition) is 1. The van der Waals surface area contributed by atoms with Gasteiger partial charge in [-0.15, -0.1) is 24.8 Å². The number of para-hydroxylation sites is 1. The molecule has 0 bridgehead atoms. The summed E-state index contributed by atoms with van der Waals surface area (Å²) in [6.07, 6.45) is 1.11. The van der Waals surface area contributed by atoms with Crippen LogP contribution in [-0.4, -0.2) is 38.7 Å². The van der Waals surface area contributed by atoms with E-state index in [4.69, 9.17) is 21.1 Å². The van der Waals surface area contributed by atoms with Crippen molar-refractivity contribution in [2.45, 2.75) is 26.5 Å². The van der Waals surface area contributed by atoms with Crippen molar-refractivity contribution in [3.63, 3.8) is 0 Å². The Hall–Kier alpha value is -1.17. The summed E-state index contributed by atoms with van der Waals surface area (Å²) in [5, 5.41) is 4.20. The first-order valence-electron chi connectivity index (χ1n) is 9.08. The average Bonchev–Trinajstić information content (AvgIpc) is 2.62. The Labute approximate surface area is 186 Å². The quantitative estimate of drug-likeness (QED) is 0.478. The predicted octanol–water partition coefficient (Wildman–Crippen LogP) is 5.20. The third-order valence-electron chi connectivity index (χ3n) is 3.96. The van der Waals surface area contributed by atoms with Gasteiger partial charge in [-0.2, -0.15) is 0 Å². The molecule has 0 saturated heterocycles. The van der Waals surface area contributed by atoms with Gasteiger partial charge in [0.25, 0.3) is 0 Å². The molecule has 0 radical (unpaired) electrons. The lowest BCUT2D eigenvalue weighted by molar-refractivity contribution is 0.266. The van der Waals surface area contributed by atoms with Crippen LogP contribution in [0, 0.1) is 0 Å². The van der Waals surface area contributed by atoms with Crippen molar-refractivity contribution in [3.05, 3.63) is 58.6 Å². The van der Waals surface area contributed by atoms with E-state index in [2.05, 4.69) is 30.4 Å². The Morgan fingerprint density at radius 1 is 0.964 bits per heavy atom. The Balaban J connectivity index is 0.00000364. The fraction of sp³-hybridized carbons (Fsp3) is 0.429.